The smallest absolute Gasteiger partial charge is 0.337 e. The Balaban J connectivity index is 1.34. The molecule has 4 aromatic rings. The molecule has 2 aliphatic rings. The number of hydrogen-bond donors (Lipinski definition) is 2. The number of carbonyl (C=O) groups excluding carboxylic acids is 2. The van der Waals surface area contributed by atoms with E-state index >= 15 is 0 Å². The van der Waals surface area contributed by atoms with Gasteiger partial charge in [0.2, 0.25) is 5.91 Å². The Kier molecular flexibility index (Phi) is 4.38. The molecule has 2 N–H and O–H groups in total. The Morgan fingerprint density at radius 2 is 1.97 bits per heavy atom. The number of urea groups is 1. The van der Waals surface area contributed by atoms with E-state index in [1.807, 2.05) is 6.07 Å². The lowest BCUT2D eigenvalue weighted by Crippen LogP contribution is -2.51. The minimum atomic E-state index is -4.39. The van der Waals surface area contributed by atoms with Crippen LogP contribution in [0.5, 0.6) is 0 Å². The van der Waals surface area contributed by atoms with Gasteiger partial charge in [-0.25, -0.2) is 14.3 Å². The number of alkyl halides is 3. The summed E-state index contributed by atoms with van der Waals surface area (Å²) < 4.78 is 41.2. The fourth-order valence-corrected chi connectivity index (χ4v) is 4.55. The number of rotatable bonds is 4. The Bertz CT molecular complexity index is 1460. The van der Waals surface area contributed by atoms with Gasteiger partial charge in [-0.3, -0.25) is 19.8 Å². The number of aromatic nitrogens is 6. The highest BCUT2D eigenvalue weighted by atomic mass is 19.4. The molecule has 0 bridgehead atoms. The number of imidazole rings is 1. The van der Waals surface area contributed by atoms with Crippen molar-refractivity contribution >= 4 is 28.6 Å². The van der Waals surface area contributed by atoms with Gasteiger partial charge in [0.25, 0.3) is 0 Å². The molecular weight excluding hydrogens is 453 g/mol. The van der Waals surface area contributed by atoms with Crippen molar-refractivity contribution in [2.75, 3.05) is 6.54 Å². The van der Waals surface area contributed by atoms with Gasteiger partial charge in [-0.05, 0) is 36.0 Å². The predicted molar refractivity (Wildman–Crippen MR) is 111 cm³/mol. The first-order valence-corrected chi connectivity index (χ1v) is 10.6. The van der Waals surface area contributed by atoms with Crippen LogP contribution in [-0.2, 0) is 11.3 Å². The largest absolute Gasteiger partial charge is 0.408 e. The zero-order valence-corrected chi connectivity index (χ0v) is 17.5. The third kappa shape index (κ3) is 3.53. The number of amides is 3. The highest BCUT2D eigenvalue weighted by Crippen LogP contribution is 2.55. The molecule has 1 saturated heterocycles. The van der Waals surface area contributed by atoms with E-state index in [2.05, 4.69) is 30.8 Å². The van der Waals surface area contributed by atoms with E-state index in [9.17, 15) is 22.8 Å². The van der Waals surface area contributed by atoms with Crippen LogP contribution in [0.25, 0.3) is 16.7 Å². The molecule has 0 spiro atoms. The fourth-order valence-electron chi connectivity index (χ4n) is 4.55. The van der Waals surface area contributed by atoms with Gasteiger partial charge in [0, 0.05) is 30.7 Å². The summed E-state index contributed by atoms with van der Waals surface area (Å²) in [6, 6.07) is 3.00. The molecule has 13 heteroatoms. The number of nitrogens with zero attached hydrogens (tertiary/aromatic N) is 6. The van der Waals surface area contributed by atoms with Crippen LogP contribution < -0.4 is 10.6 Å². The van der Waals surface area contributed by atoms with Crippen LogP contribution in [0.15, 0.2) is 36.9 Å². The Morgan fingerprint density at radius 1 is 1.12 bits per heavy atom. The van der Waals surface area contributed by atoms with E-state index < -0.39 is 30.6 Å². The summed E-state index contributed by atoms with van der Waals surface area (Å²) in [4.78, 5) is 32.5. The van der Waals surface area contributed by atoms with Gasteiger partial charge in [0.15, 0.2) is 5.65 Å². The van der Waals surface area contributed by atoms with Crippen LogP contribution in [0, 0.1) is 0 Å². The molecule has 174 valence electrons. The second kappa shape index (κ2) is 7.23. The summed E-state index contributed by atoms with van der Waals surface area (Å²) in [5.41, 5.74) is 3.57. The average Bonchev–Trinajstić information content (AvgIpc) is 3.26. The molecule has 34 heavy (non-hydrogen) atoms. The van der Waals surface area contributed by atoms with Crippen molar-refractivity contribution < 1.29 is 22.8 Å². The molecule has 4 aromatic heterocycles. The summed E-state index contributed by atoms with van der Waals surface area (Å²) in [6.07, 6.45) is 2.65. The normalized spacial score (nSPS) is 22.7. The van der Waals surface area contributed by atoms with Crippen molar-refractivity contribution in [3.8, 4) is 0 Å². The van der Waals surface area contributed by atoms with Crippen LogP contribution in [0.4, 0.5) is 18.0 Å². The summed E-state index contributed by atoms with van der Waals surface area (Å²) in [7, 11) is 0. The van der Waals surface area contributed by atoms with Gasteiger partial charge in [0.05, 0.1) is 23.3 Å². The van der Waals surface area contributed by atoms with Crippen LogP contribution >= 0.6 is 0 Å². The number of fused-ring (bicyclic) bond motifs is 2. The summed E-state index contributed by atoms with van der Waals surface area (Å²) in [5, 5.41) is 13.2. The van der Waals surface area contributed by atoms with Crippen molar-refractivity contribution in [2.45, 2.75) is 36.9 Å². The maximum absolute atomic E-state index is 12.9. The standard InChI is InChI=1S/C21H17F3N8O2/c22-21(23,24)9-32-17-3-10(6-26-16(17)8-28-32)11-4-12(11)13-5-15(30-31-2-1-25-18(13)31)14-7-27-20(34)29-19(14)33/h1-3,5-6,8,11-12,14H,4,7,9H2,(H2,27,29,33,34)/t11?,12-,14?/m0/s1. The van der Waals surface area contributed by atoms with Crippen LogP contribution in [0.1, 0.15) is 41.0 Å². The molecule has 1 aliphatic heterocycles. The first-order chi connectivity index (χ1) is 16.3. The predicted octanol–water partition coefficient (Wildman–Crippen LogP) is 2.23. The number of hydrogen-bond acceptors (Lipinski definition) is 6. The molecule has 2 fully saturated rings. The monoisotopic (exact) mass is 470 g/mol. The minimum Gasteiger partial charge on any atom is -0.337 e. The van der Waals surface area contributed by atoms with E-state index in [0.29, 0.717) is 22.4 Å². The SMILES string of the molecule is O=C1NCC(c2cc([C@H]3CC3c3cnc4cnn(CC(F)(F)F)c4c3)c3nccn3n2)C(=O)N1. The highest BCUT2D eigenvalue weighted by Gasteiger charge is 2.42. The first kappa shape index (κ1) is 20.6. The third-order valence-corrected chi connectivity index (χ3v) is 6.25. The van der Waals surface area contributed by atoms with E-state index in [-0.39, 0.29) is 18.4 Å². The van der Waals surface area contributed by atoms with Crippen LogP contribution in [0.3, 0.4) is 0 Å². The second-order valence-electron chi connectivity index (χ2n) is 8.51. The van der Waals surface area contributed by atoms with Crippen molar-refractivity contribution in [2.24, 2.45) is 0 Å². The highest BCUT2D eigenvalue weighted by molar-refractivity contribution is 6.00. The molecule has 0 radical (unpaired) electrons. The zero-order chi connectivity index (χ0) is 23.6. The number of nitrogens with one attached hydrogen (secondary N) is 2. The molecule has 1 saturated carbocycles. The van der Waals surface area contributed by atoms with Crippen molar-refractivity contribution in [1.29, 1.82) is 0 Å². The van der Waals surface area contributed by atoms with Gasteiger partial charge >= 0.3 is 12.2 Å². The molecule has 2 unspecified atom stereocenters. The van der Waals surface area contributed by atoms with Gasteiger partial charge in [0.1, 0.15) is 12.1 Å². The molecule has 0 aromatic carbocycles. The van der Waals surface area contributed by atoms with E-state index in [1.54, 1.807) is 29.2 Å². The Morgan fingerprint density at radius 3 is 2.76 bits per heavy atom. The Labute approximate surface area is 189 Å². The number of pyridine rings is 1. The third-order valence-electron chi connectivity index (χ3n) is 6.25. The van der Waals surface area contributed by atoms with E-state index in [1.165, 1.54) is 6.20 Å². The molecule has 5 heterocycles. The summed E-state index contributed by atoms with van der Waals surface area (Å²) in [5.74, 6) is -1.01. The molecular formula is C21H17F3N8O2. The molecule has 3 atom stereocenters. The lowest BCUT2D eigenvalue weighted by molar-refractivity contribution is -0.141. The van der Waals surface area contributed by atoms with Gasteiger partial charge in [-0.15, -0.1) is 0 Å². The quantitative estimate of drug-likeness (QED) is 0.472. The maximum atomic E-state index is 12.9. The van der Waals surface area contributed by atoms with Crippen molar-refractivity contribution in [1.82, 2.24) is 40.0 Å². The number of halogens is 3. The van der Waals surface area contributed by atoms with Crippen LogP contribution in [-0.4, -0.2) is 54.0 Å². The lowest BCUT2D eigenvalue weighted by Gasteiger charge is -2.22. The molecule has 3 amide bonds. The summed E-state index contributed by atoms with van der Waals surface area (Å²) in [6.45, 7) is -1.05. The molecule has 1 aliphatic carbocycles. The average molecular weight is 470 g/mol. The second-order valence-corrected chi connectivity index (χ2v) is 8.51. The van der Waals surface area contributed by atoms with Gasteiger partial charge in [-0.1, -0.05) is 0 Å². The Hall–Kier alpha value is -4.03. The molecule has 6 rings (SSSR count). The maximum Gasteiger partial charge on any atom is 0.408 e. The van der Waals surface area contributed by atoms with Gasteiger partial charge < -0.3 is 5.32 Å². The topological polar surface area (TPSA) is 119 Å². The van der Waals surface area contributed by atoms with E-state index in [0.717, 1.165) is 22.2 Å². The molecule has 10 nitrogen and oxygen atoms in total. The minimum absolute atomic E-state index is 0.0294. The van der Waals surface area contributed by atoms with Crippen molar-refractivity contribution in [3.63, 3.8) is 0 Å². The first-order valence-electron chi connectivity index (χ1n) is 10.6. The fraction of sp³-hybridized carbons (Fsp3) is 0.333. The zero-order valence-electron chi connectivity index (χ0n) is 17.5. The van der Waals surface area contributed by atoms with Gasteiger partial charge in [-0.2, -0.15) is 23.4 Å². The van der Waals surface area contributed by atoms with Crippen molar-refractivity contribution in [3.05, 3.63) is 53.7 Å². The number of imide groups is 1. The van der Waals surface area contributed by atoms with E-state index in [4.69, 9.17) is 0 Å². The van der Waals surface area contributed by atoms with Crippen LogP contribution in [0.2, 0.25) is 0 Å². The summed E-state index contributed by atoms with van der Waals surface area (Å²) >= 11 is 0. The lowest BCUT2D eigenvalue weighted by atomic mass is 9.99. The number of carbonyl (C=O) groups is 2.